The number of rotatable bonds is 24. The highest BCUT2D eigenvalue weighted by Crippen LogP contribution is 2.18. The predicted octanol–water partition coefficient (Wildman–Crippen LogP) is -0.311. The molecule has 0 aromatic heterocycles. The third-order valence-electron chi connectivity index (χ3n) is 11.1. The fourth-order valence-corrected chi connectivity index (χ4v) is 7.31. The van der Waals surface area contributed by atoms with Gasteiger partial charge in [-0.15, -0.1) is 0 Å². The summed E-state index contributed by atoms with van der Waals surface area (Å²) in [6.45, 7) is -0.520. The number of carbonyl (C=O) groups excluding carboxylic acids is 7. The van der Waals surface area contributed by atoms with Gasteiger partial charge in [-0.05, 0) is 77.4 Å². The van der Waals surface area contributed by atoms with Crippen molar-refractivity contribution in [2.45, 2.75) is 62.7 Å². The van der Waals surface area contributed by atoms with Crippen molar-refractivity contribution < 1.29 is 57.4 Å². The minimum absolute atomic E-state index is 0.0206. The number of halogens is 1. The first-order valence-electron chi connectivity index (χ1n) is 23.6. The molecule has 4 atom stereocenters. The van der Waals surface area contributed by atoms with Crippen LogP contribution in [0.5, 0.6) is 5.75 Å². The third-order valence-corrected chi connectivity index (χ3v) is 11.1. The Labute approximate surface area is 420 Å². The molecule has 0 radical (unpaired) electrons. The van der Waals surface area contributed by atoms with Crippen LogP contribution in [-0.4, -0.2) is 142 Å². The van der Waals surface area contributed by atoms with Gasteiger partial charge < -0.3 is 68.1 Å². The fraction of sp³-hybridized carbons (Fsp3) is 0.380. The Morgan fingerprint density at radius 3 is 2.00 bits per heavy atom. The zero-order valence-electron chi connectivity index (χ0n) is 40.1. The molecule has 4 aromatic rings. The third kappa shape index (κ3) is 20.6. The second-order valence-electron chi connectivity index (χ2n) is 16.8. The summed E-state index contributed by atoms with van der Waals surface area (Å²) in [5.41, 5.74) is 12.9. The van der Waals surface area contributed by atoms with Crippen LogP contribution in [0.2, 0.25) is 0 Å². The number of carbonyl (C=O) groups is 7. The Morgan fingerprint density at radius 2 is 1.27 bits per heavy atom. The summed E-state index contributed by atoms with van der Waals surface area (Å²) in [5.74, 6) is -5.13. The number of amides is 7. The molecular weight excluding hydrogens is 949 g/mol. The van der Waals surface area contributed by atoms with Crippen LogP contribution in [0.4, 0.5) is 4.39 Å². The number of hydrogen-bond donors (Lipinski definition) is 10. The molecule has 73 heavy (non-hydrogen) atoms. The number of phenols is 1. The van der Waals surface area contributed by atoms with E-state index in [4.69, 9.17) is 25.8 Å². The molecule has 1 saturated heterocycles. The number of nitrogens with one attached hydrogen (secondary N) is 7. The smallest absolute Gasteiger partial charge is 0.260 e. The van der Waals surface area contributed by atoms with E-state index in [0.717, 1.165) is 10.8 Å². The minimum Gasteiger partial charge on any atom is -0.508 e. The van der Waals surface area contributed by atoms with E-state index in [0.29, 0.717) is 16.7 Å². The van der Waals surface area contributed by atoms with Gasteiger partial charge in [0, 0.05) is 32.5 Å². The van der Waals surface area contributed by atoms with E-state index < -0.39 is 72.1 Å². The summed E-state index contributed by atoms with van der Waals surface area (Å²) in [6.07, 6.45) is 1.68. The lowest BCUT2D eigenvalue weighted by Crippen LogP contribution is -2.58. The van der Waals surface area contributed by atoms with E-state index in [9.17, 15) is 43.1 Å². The van der Waals surface area contributed by atoms with Gasteiger partial charge in [0.15, 0.2) is 12.6 Å². The molecule has 1 aliphatic heterocycles. The number of aromatic hydroxyl groups is 1. The lowest BCUT2D eigenvalue weighted by Gasteiger charge is -2.26. The van der Waals surface area contributed by atoms with E-state index in [1.165, 1.54) is 42.6 Å². The molecule has 0 spiro atoms. The molecule has 0 aliphatic carbocycles. The van der Waals surface area contributed by atoms with Crippen LogP contribution in [0.1, 0.15) is 42.4 Å². The highest BCUT2D eigenvalue weighted by Gasteiger charge is 2.32. The van der Waals surface area contributed by atoms with Gasteiger partial charge in [-0.2, -0.15) is 0 Å². The molecule has 22 nitrogen and oxygen atoms in total. The van der Waals surface area contributed by atoms with Crippen molar-refractivity contribution in [2.75, 3.05) is 59.2 Å². The maximum Gasteiger partial charge on any atom is 0.260 e. The number of hydrogen-bond acceptors (Lipinski definition) is 13. The number of guanidine groups is 1. The molecule has 1 heterocycles. The average molecular weight is 1010 g/mol. The summed E-state index contributed by atoms with van der Waals surface area (Å²) in [7, 11) is 0. The van der Waals surface area contributed by atoms with Crippen molar-refractivity contribution in [3.8, 4) is 5.75 Å². The average Bonchev–Trinajstić information content (AvgIpc) is 3.37. The Balaban J connectivity index is 1.18. The van der Waals surface area contributed by atoms with Crippen molar-refractivity contribution in [2.24, 2.45) is 21.6 Å². The van der Waals surface area contributed by atoms with Crippen molar-refractivity contribution in [1.29, 1.82) is 0 Å². The lowest BCUT2D eigenvalue weighted by molar-refractivity contribution is -0.134. The number of nitrogens with two attached hydrogens (primary N) is 2. The highest BCUT2D eigenvalue weighted by molar-refractivity contribution is 5.97. The maximum absolute atomic E-state index is 14.2. The summed E-state index contributed by atoms with van der Waals surface area (Å²) in [5, 5.41) is 34.1. The molecule has 390 valence electrons. The van der Waals surface area contributed by atoms with E-state index in [2.05, 4.69) is 47.4 Å². The van der Waals surface area contributed by atoms with Gasteiger partial charge in [-0.3, -0.25) is 38.6 Å². The Bertz CT molecular complexity index is 2540. The van der Waals surface area contributed by atoms with Crippen LogP contribution in [-0.2, 0) is 60.7 Å². The van der Waals surface area contributed by atoms with E-state index in [-0.39, 0.29) is 109 Å². The Hall–Kier alpha value is -8.18. The molecular formula is C50H62FN11O11. The summed E-state index contributed by atoms with van der Waals surface area (Å²) < 4.78 is 23.8. The zero-order valence-corrected chi connectivity index (χ0v) is 40.1. The highest BCUT2D eigenvalue weighted by atomic mass is 18.2. The van der Waals surface area contributed by atoms with Crippen LogP contribution in [0.15, 0.2) is 101 Å². The number of phenolic OH excluding ortho intramolecular Hbond substituents is 1. The SMILES string of the molecule is NC(N)=NCCC[C@@H]1NC(=O)[C@H](CCCNC(=O)COCCOCCNC(=O)CO/N=C/c2ccc([18F])cc2)NC(=O)[C@@H](Cc2ccc(O)cc2)NC(=O)CNC(=O)[C@H](Cc2ccc3ccccc3c2)NC1=O. The molecule has 23 heteroatoms. The largest absolute Gasteiger partial charge is 0.508 e. The first kappa shape index (κ1) is 55.7. The number of aliphatic imine (C=N–C) groups is 1. The number of nitrogens with zero attached hydrogens (tertiary/aromatic N) is 2. The summed E-state index contributed by atoms with van der Waals surface area (Å²) in [6, 6.07) is 19.7. The van der Waals surface area contributed by atoms with Crippen LogP contribution in [0, 0.1) is 5.82 Å². The monoisotopic (exact) mass is 1010 g/mol. The van der Waals surface area contributed by atoms with Gasteiger partial charge >= 0.3 is 0 Å². The maximum atomic E-state index is 14.2. The van der Waals surface area contributed by atoms with Gasteiger partial charge in [-0.25, -0.2) is 4.39 Å². The van der Waals surface area contributed by atoms with Crippen molar-refractivity contribution >= 4 is 64.3 Å². The predicted molar refractivity (Wildman–Crippen MR) is 267 cm³/mol. The molecule has 5 rings (SSSR count). The van der Waals surface area contributed by atoms with Crippen LogP contribution < -0.4 is 48.7 Å². The molecule has 4 aromatic carbocycles. The lowest BCUT2D eigenvalue weighted by atomic mass is 10.0. The number of ether oxygens (including phenoxy) is 2. The second kappa shape index (κ2) is 29.9. The van der Waals surface area contributed by atoms with Gasteiger partial charge in [-0.1, -0.05) is 71.9 Å². The first-order valence-corrected chi connectivity index (χ1v) is 23.6. The first-order chi connectivity index (χ1) is 35.2. The van der Waals surface area contributed by atoms with Crippen molar-refractivity contribution in [1.82, 2.24) is 37.2 Å². The van der Waals surface area contributed by atoms with Crippen LogP contribution in [0.3, 0.4) is 0 Å². The van der Waals surface area contributed by atoms with Gasteiger partial charge in [0.05, 0.1) is 32.6 Å². The summed E-state index contributed by atoms with van der Waals surface area (Å²) in [4.78, 5) is 103. The standard InChI is InChI=1S/C50H62FN11O11/c51-37-15-10-33(11-16-37)28-58-73-31-45(66)55-21-22-71-23-24-72-30-44(65)54-19-3-7-39-47(68)60-40(8-4-20-56-50(52)53)48(69)62-41(27-34-9-14-35-5-1-2-6-36(35)25-34)46(67)57-29-43(64)59-42(49(70)61-39)26-32-12-17-38(63)18-13-32/h1-2,5-6,9-18,25,28,39-42,63H,3-4,7-8,19-24,26-27,29-31H2,(H,54,65)(H,55,66)(H,57,67)(H,59,64)(H,60,68)(H,61,70)(H,62,69)(H4,52,53,56)/b58-28+/t39-,40-,41-,42+/m0/s1/i51-1. The van der Waals surface area contributed by atoms with Gasteiger partial charge in [0.2, 0.25) is 35.4 Å². The fourth-order valence-electron chi connectivity index (χ4n) is 7.31. The number of oxime groups is 1. The normalized spacial score (nSPS) is 17.7. The molecule has 0 unspecified atom stereocenters. The van der Waals surface area contributed by atoms with Gasteiger partial charge in [0.25, 0.3) is 5.91 Å². The van der Waals surface area contributed by atoms with E-state index >= 15 is 0 Å². The Kier molecular flexibility index (Phi) is 22.8. The van der Waals surface area contributed by atoms with Crippen LogP contribution >= 0.6 is 0 Å². The quantitative estimate of drug-likeness (QED) is 0.0187. The zero-order chi connectivity index (χ0) is 52.4. The molecule has 1 fully saturated rings. The van der Waals surface area contributed by atoms with E-state index in [1.807, 2.05) is 42.5 Å². The van der Waals surface area contributed by atoms with E-state index in [1.54, 1.807) is 12.1 Å². The molecule has 12 N–H and O–H groups in total. The minimum atomic E-state index is -1.29. The van der Waals surface area contributed by atoms with Gasteiger partial charge in [0.1, 0.15) is 42.3 Å². The second-order valence-corrected chi connectivity index (χ2v) is 16.8. The molecule has 0 saturated carbocycles. The molecule has 0 bridgehead atoms. The number of benzene rings is 4. The topological polar surface area (TPSA) is 328 Å². The Morgan fingerprint density at radius 1 is 0.671 bits per heavy atom. The van der Waals surface area contributed by atoms with Crippen LogP contribution in [0.25, 0.3) is 10.8 Å². The van der Waals surface area contributed by atoms with Crippen molar-refractivity contribution in [3.63, 3.8) is 0 Å². The molecule has 1 aliphatic rings. The summed E-state index contributed by atoms with van der Waals surface area (Å²) >= 11 is 0. The van der Waals surface area contributed by atoms with Crippen molar-refractivity contribution in [3.05, 3.63) is 114 Å². The number of fused-ring (bicyclic) bond motifs is 1. The molecule has 7 amide bonds.